The number of aliphatic hydroxyl groups is 1. The number of nitrogens with zero attached hydrogens (tertiary/aromatic N) is 2. The molecule has 0 saturated heterocycles. The molecule has 2 aromatic rings. The Bertz CT molecular complexity index is 484. The summed E-state index contributed by atoms with van der Waals surface area (Å²) in [5.41, 5.74) is 7.99. The standard InChI is InChI=1S/C12H14N4O/c13-11-6-15-12(16-7-11)14-5-9-2-1-3-10(4-9)8-17/h1-4,6-7,17H,5,8,13H2,(H,14,15,16). The predicted molar refractivity (Wildman–Crippen MR) is 66.1 cm³/mol. The van der Waals surface area contributed by atoms with E-state index >= 15 is 0 Å². The van der Waals surface area contributed by atoms with Crippen LogP contribution >= 0.6 is 0 Å². The molecule has 0 amide bonds. The van der Waals surface area contributed by atoms with Crippen molar-refractivity contribution in [2.75, 3.05) is 11.1 Å². The summed E-state index contributed by atoms with van der Waals surface area (Å²) in [5, 5.41) is 12.1. The van der Waals surface area contributed by atoms with Crippen LogP contribution in [0.15, 0.2) is 36.7 Å². The molecule has 0 atom stereocenters. The molecule has 0 aliphatic rings. The molecule has 0 bridgehead atoms. The molecule has 0 aliphatic carbocycles. The van der Waals surface area contributed by atoms with E-state index in [1.54, 1.807) is 12.4 Å². The number of nitrogens with two attached hydrogens (primary N) is 1. The van der Waals surface area contributed by atoms with Gasteiger partial charge in [-0.25, -0.2) is 9.97 Å². The van der Waals surface area contributed by atoms with E-state index in [9.17, 15) is 0 Å². The minimum Gasteiger partial charge on any atom is -0.396 e. The molecule has 1 heterocycles. The Morgan fingerprint density at radius 2 is 1.88 bits per heavy atom. The summed E-state index contributed by atoms with van der Waals surface area (Å²) in [6.07, 6.45) is 3.11. The number of rotatable bonds is 4. The number of hydrogen-bond donors (Lipinski definition) is 3. The molecule has 0 fully saturated rings. The quantitative estimate of drug-likeness (QED) is 0.734. The Morgan fingerprint density at radius 1 is 1.18 bits per heavy atom. The largest absolute Gasteiger partial charge is 0.396 e. The molecule has 17 heavy (non-hydrogen) atoms. The second-order valence-electron chi connectivity index (χ2n) is 3.67. The summed E-state index contributed by atoms with van der Waals surface area (Å²) in [7, 11) is 0. The third-order valence-corrected chi connectivity index (χ3v) is 2.30. The molecule has 0 unspecified atom stereocenters. The van der Waals surface area contributed by atoms with Gasteiger partial charge in [-0.15, -0.1) is 0 Å². The molecule has 88 valence electrons. The summed E-state index contributed by atoms with van der Waals surface area (Å²) in [5.74, 6) is 0.536. The van der Waals surface area contributed by atoms with Crippen LogP contribution in [0.3, 0.4) is 0 Å². The Balaban J connectivity index is 1.99. The Hall–Kier alpha value is -2.14. The van der Waals surface area contributed by atoms with Gasteiger partial charge in [0, 0.05) is 6.54 Å². The van der Waals surface area contributed by atoms with Crippen molar-refractivity contribution in [3.05, 3.63) is 47.8 Å². The lowest BCUT2D eigenvalue weighted by Crippen LogP contribution is -2.04. The Morgan fingerprint density at radius 3 is 2.59 bits per heavy atom. The highest BCUT2D eigenvalue weighted by molar-refractivity contribution is 5.36. The first-order valence-electron chi connectivity index (χ1n) is 5.28. The number of aromatic nitrogens is 2. The van der Waals surface area contributed by atoms with Crippen molar-refractivity contribution in [2.45, 2.75) is 13.2 Å². The summed E-state index contributed by atoms with van der Waals surface area (Å²) >= 11 is 0. The average molecular weight is 230 g/mol. The first-order chi connectivity index (χ1) is 8.28. The number of nitrogens with one attached hydrogen (secondary N) is 1. The van der Waals surface area contributed by atoms with E-state index in [1.165, 1.54) is 0 Å². The second-order valence-corrected chi connectivity index (χ2v) is 3.67. The maximum Gasteiger partial charge on any atom is 0.222 e. The van der Waals surface area contributed by atoms with E-state index in [0.717, 1.165) is 11.1 Å². The topological polar surface area (TPSA) is 84.1 Å². The SMILES string of the molecule is Nc1cnc(NCc2cccc(CO)c2)nc1. The van der Waals surface area contributed by atoms with E-state index < -0.39 is 0 Å². The van der Waals surface area contributed by atoms with Crippen LogP contribution in [0.2, 0.25) is 0 Å². The van der Waals surface area contributed by atoms with Crippen LogP contribution in [0.25, 0.3) is 0 Å². The lowest BCUT2D eigenvalue weighted by Gasteiger charge is -2.06. The second kappa shape index (κ2) is 5.27. The first-order valence-corrected chi connectivity index (χ1v) is 5.28. The predicted octanol–water partition coefficient (Wildman–Crippen LogP) is 1.16. The van der Waals surface area contributed by atoms with Crippen LogP contribution in [-0.2, 0) is 13.2 Å². The minimum atomic E-state index is 0.0478. The van der Waals surface area contributed by atoms with Gasteiger partial charge < -0.3 is 16.2 Å². The highest BCUT2D eigenvalue weighted by Crippen LogP contribution is 2.07. The fraction of sp³-hybridized carbons (Fsp3) is 0.167. The molecule has 0 radical (unpaired) electrons. The van der Waals surface area contributed by atoms with Gasteiger partial charge in [0.15, 0.2) is 0 Å². The summed E-state index contributed by atoms with van der Waals surface area (Å²) < 4.78 is 0. The van der Waals surface area contributed by atoms with Crippen molar-refractivity contribution in [3.8, 4) is 0 Å². The van der Waals surface area contributed by atoms with Crippen molar-refractivity contribution in [1.82, 2.24) is 9.97 Å². The fourth-order valence-corrected chi connectivity index (χ4v) is 1.45. The van der Waals surface area contributed by atoms with Gasteiger partial charge in [0.2, 0.25) is 5.95 Å². The van der Waals surface area contributed by atoms with Crippen molar-refractivity contribution < 1.29 is 5.11 Å². The number of hydrogen-bond acceptors (Lipinski definition) is 5. The molecule has 0 aliphatic heterocycles. The molecule has 5 heteroatoms. The fourth-order valence-electron chi connectivity index (χ4n) is 1.45. The molecule has 2 rings (SSSR count). The molecule has 4 N–H and O–H groups in total. The Labute approximate surface area is 99.3 Å². The molecule has 1 aromatic carbocycles. The normalized spacial score (nSPS) is 10.2. The molecular formula is C12H14N4O. The van der Waals surface area contributed by atoms with Crippen LogP contribution in [-0.4, -0.2) is 15.1 Å². The van der Waals surface area contributed by atoms with Gasteiger partial charge in [-0.05, 0) is 11.1 Å². The summed E-state index contributed by atoms with van der Waals surface area (Å²) in [6, 6.07) is 7.70. The van der Waals surface area contributed by atoms with Crippen LogP contribution in [0.1, 0.15) is 11.1 Å². The number of aliphatic hydroxyl groups excluding tert-OH is 1. The minimum absolute atomic E-state index is 0.0478. The summed E-state index contributed by atoms with van der Waals surface area (Å²) in [6.45, 7) is 0.657. The van der Waals surface area contributed by atoms with E-state index in [1.807, 2.05) is 24.3 Å². The smallest absolute Gasteiger partial charge is 0.222 e. The maximum atomic E-state index is 9.02. The van der Waals surface area contributed by atoms with Gasteiger partial charge in [0.25, 0.3) is 0 Å². The zero-order valence-corrected chi connectivity index (χ0v) is 9.30. The van der Waals surface area contributed by atoms with Crippen molar-refractivity contribution in [2.24, 2.45) is 0 Å². The maximum absolute atomic E-state index is 9.02. The van der Waals surface area contributed by atoms with E-state index in [4.69, 9.17) is 10.8 Å². The van der Waals surface area contributed by atoms with Crippen molar-refractivity contribution in [1.29, 1.82) is 0 Å². The first kappa shape index (κ1) is 11.3. The molecule has 0 spiro atoms. The van der Waals surface area contributed by atoms with Crippen LogP contribution in [0.5, 0.6) is 0 Å². The lowest BCUT2D eigenvalue weighted by atomic mass is 10.1. The van der Waals surface area contributed by atoms with Gasteiger partial charge in [-0.3, -0.25) is 0 Å². The zero-order chi connectivity index (χ0) is 12.1. The number of nitrogen functional groups attached to an aromatic ring is 1. The highest BCUT2D eigenvalue weighted by Gasteiger charge is 1.97. The average Bonchev–Trinajstić information content (AvgIpc) is 2.38. The van der Waals surface area contributed by atoms with E-state index in [-0.39, 0.29) is 6.61 Å². The van der Waals surface area contributed by atoms with Crippen LogP contribution < -0.4 is 11.1 Å². The monoisotopic (exact) mass is 230 g/mol. The van der Waals surface area contributed by atoms with Crippen molar-refractivity contribution >= 4 is 11.6 Å². The zero-order valence-electron chi connectivity index (χ0n) is 9.30. The van der Waals surface area contributed by atoms with E-state index in [2.05, 4.69) is 15.3 Å². The van der Waals surface area contributed by atoms with Crippen molar-refractivity contribution in [3.63, 3.8) is 0 Å². The third kappa shape index (κ3) is 3.15. The third-order valence-electron chi connectivity index (χ3n) is 2.30. The van der Waals surface area contributed by atoms with Gasteiger partial charge in [0.1, 0.15) is 0 Å². The van der Waals surface area contributed by atoms with Crippen LogP contribution in [0.4, 0.5) is 11.6 Å². The molecule has 0 saturated carbocycles. The van der Waals surface area contributed by atoms with Gasteiger partial charge in [-0.2, -0.15) is 0 Å². The van der Waals surface area contributed by atoms with E-state index in [0.29, 0.717) is 18.2 Å². The highest BCUT2D eigenvalue weighted by atomic mass is 16.3. The Kier molecular flexibility index (Phi) is 3.52. The lowest BCUT2D eigenvalue weighted by molar-refractivity contribution is 0.281. The van der Waals surface area contributed by atoms with Gasteiger partial charge in [-0.1, -0.05) is 24.3 Å². The van der Waals surface area contributed by atoms with Gasteiger partial charge >= 0.3 is 0 Å². The van der Waals surface area contributed by atoms with Crippen LogP contribution in [0, 0.1) is 0 Å². The number of benzene rings is 1. The molecular weight excluding hydrogens is 216 g/mol. The number of anilines is 2. The summed E-state index contributed by atoms with van der Waals surface area (Å²) in [4.78, 5) is 8.08. The molecule has 1 aromatic heterocycles. The molecule has 5 nitrogen and oxygen atoms in total. The van der Waals surface area contributed by atoms with Gasteiger partial charge in [0.05, 0.1) is 24.7 Å².